The maximum Gasteiger partial charge on any atom is 0.164 e. The van der Waals surface area contributed by atoms with E-state index in [9.17, 15) is 9.90 Å². The van der Waals surface area contributed by atoms with E-state index in [1.807, 2.05) is 81.7 Å². The summed E-state index contributed by atoms with van der Waals surface area (Å²) in [6, 6.07) is 17.3. The summed E-state index contributed by atoms with van der Waals surface area (Å²) in [7, 11) is 0. The molecule has 0 aliphatic carbocycles. The number of aromatic nitrogens is 1. The monoisotopic (exact) mass is 875 g/mol. The van der Waals surface area contributed by atoms with E-state index in [-0.39, 0.29) is 47.9 Å². The van der Waals surface area contributed by atoms with Crippen LogP contribution in [0.2, 0.25) is 0 Å². The van der Waals surface area contributed by atoms with Gasteiger partial charge in [-0.25, -0.2) is 0 Å². The molecule has 1 N–H and O–H groups in total. The summed E-state index contributed by atoms with van der Waals surface area (Å²) in [5.41, 5.74) is 2.98. The van der Waals surface area contributed by atoms with Crippen LogP contribution in [0.5, 0.6) is 0 Å². The van der Waals surface area contributed by atoms with E-state index in [0.717, 1.165) is 36.9 Å². The van der Waals surface area contributed by atoms with Gasteiger partial charge in [0.25, 0.3) is 0 Å². The minimum atomic E-state index is -0.337. The van der Waals surface area contributed by atoms with Crippen molar-refractivity contribution in [2.45, 2.75) is 100 Å². The van der Waals surface area contributed by atoms with Gasteiger partial charge in [-0.1, -0.05) is 73.4 Å². The van der Waals surface area contributed by atoms with Crippen LogP contribution in [0, 0.1) is 23.8 Å². The molecule has 0 atom stereocenters. The zero-order valence-corrected chi connectivity index (χ0v) is 34.7. The van der Waals surface area contributed by atoms with Crippen LogP contribution in [0.15, 0.2) is 59.8 Å². The number of fused-ring (bicyclic) bond motifs is 5. The van der Waals surface area contributed by atoms with Crippen molar-refractivity contribution in [1.82, 2.24) is 4.98 Å². The van der Waals surface area contributed by atoms with E-state index < -0.39 is 0 Å². The van der Waals surface area contributed by atoms with Crippen molar-refractivity contribution in [1.29, 1.82) is 0 Å². The number of allylic oxidation sites excluding steroid dienone is 2. The third-order valence-electron chi connectivity index (χ3n) is 10.3. The molecule has 0 saturated heterocycles. The molecule has 1 radical (unpaired) electrons. The molecule has 6 aromatic rings. The minimum Gasteiger partial charge on any atom is -0.512 e. The van der Waals surface area contributed by atoms with Gasteiger partial charge in [0.1, 0.15) is 5.76 Å². The molecule has 0 amide bonds. The van der Waals surface area contributed by atoms with Crippen molar-refractivity contribution in [3.05, 3.63) is 76.3 Å². The second-order valence-corrected chi connectivity index (χ2v) is 17.6. The number of hydrogen-bond donors (Lipinski definition) is 1. The van der Waals surface area contributed by atoms with Crippen LogP contribution in [0.25, 0.3) is 51.6 Å². The Morgan fingerprint density at radius 3 is 2.17 bits per heavy atom. The Balaban J connectivity index is 0.000000251. The molecule has 0 spiro atoms. The van der Waals surface area contributed by atoms with Crippen LogP contribution in [0.4, 0.5) is 0 Å². The van der Waals surface area contributed by atoms with Gasteiger partial charge in [-0.05, 0) is 88.5 Å². The fourth-order valence-electron chi connectivity index (χ4n) is 5.97. The number of aliphatic hydroxyl groups is 1. The molecule has 0 bridgehead atoms. The number of pyridine rings is 1. The number of nitrogens with zero attached hydrogens (tertiary/aromatic N) is 1. The smallest absolute Gasteiger partial charge is 0.164 e. The molecule has 4 aromatic heterocycles. The summed E-state index contributed by atoms with van der Waals surface area (Å²) >= 11 is 5.54. The number of aryl methyl sites for hydroxylation is 1. The molecule has 0 fully saturated rings. The number of thiophene rings is 3. The van der Waals surface area contributed by atoms with E-state index in [1.54, 1.807) is 0 Å². The molecule has 0 saturated carbocycles. The fourth-order valence-corrected chi connectivity index (χ4v) is 9.19. The van der Waals surface area contributed by atoms with Crippen LogP contribution in [0.1, 0.15) is 98.4 Å². The van der Waals surface area contributed by atoms with Crippen molar-refractivity contribution < 1.29 is 30.0 Å². The van der Waals surface area contributed by atoms with Crippen molar-refractivity contribution in [2.75, 3.05) is 0 Å². The van der Waals surface area contributed by atoms with E-state index in [0.29, 0.717) is 0 Å². The summed E-state index contributed by atoms with van der Waals surface area (Å²) in [6.07, 6.45) is 6.70. The fraction of sp³-hybridized carbons (Fsp3) is 0.415. The van der Waals surface area contributed by atoms with Crippen molar-refractivity contribution in [3.63, 3.8) is 0 Å². The standard InChI is InChI=1S/C26H20NS3.C15H28O2.Ir/c1-14-9-16-11-18-22(13-21(16)29-14)30-20-5-7-27-24(23(18)20)17-10-15-6-8-28-25(15)19(12-17)26(2,3)4;1-7-14(5,8-2)12(16)11-13(17)15(6,9-3)10-4;/h5-9,11-13H,1-4H3;11,16H,7-10H2,1-6H3;/q-1;;/b;12-11-;. The number of carbonyl (C=O) groups excluding carboxylic acids is 1. The predicted molar refractivity (Wildman–Crippen MR) is 209 cm³/mol. The van der Waals surface area contributed by atoms with Gasteiger partial charge in [0.2, 0.25) is 0 Å². The topological polar surface area (TPSA) is 50.2 Å². The summed E-state index contributed by atoms with van der Waals surface area (Å²) in [5, 5.41) is 17.4. The Morgan fingerprint density at radius 2 is 1.54 bits per heavy atom. The van der Waals surface area contributed by atoms with E-state index in [4.69, 9.17) is 4.98 Å². The third-order valence-corrected chi connectivity index (χ3v) is 13.4. The average Bonchev–Trinajstić information content (AvgIpc) is 3.77. The van der Waals surface area contributed by atoms with Crippen LogP contribution >= 0.6 is 34.0 Å². The molecule has 2 aromatic carbocycles. The number of rotatable bonds is 8. The second kappa shape index (κ2) is 14.8. The maximum atomic E-state index is 12.2. The number of hydrogen-bond acceptors (Lipinski definition) is 6. The molecular weight excluding hydrogens is 827 g/mol. The van der Waals surface area contributed by atoms with Gasteiger partial charge in [0.15, 0.2) is 5.78 Å². The largest absolute Gasteiger partial charge is 0.512 e. The summed E-state index contributed by atoms with van der Waals surface area (Å²) in [6.45, 7) is 21.1. The normalized spacial score (nSPS) is 12.8. The number of benzene rings is 2. The molecule has 3 nitrogen and oxygen atoms in total. The molecule has 0 aliphatic heterocycles. The number of ketones is 1. The summed E-state index contributed by atoms with van der Waals surface area (Å²) < 4.78 is 5.33. The van der Waals surface area contributed by atoms with Crippen molar-refractivity contribution in [2.24, 2.45) is 10.8 Å². The van der Waals surface area contributed by atoms with Crippen molar-refractivity contribution >= 4 is 80.1 Å². The van der Waals surface area contributed by atoms with Crippen LogP contribution in [-0.4, -0.2) is 15.9 Å². The zero-order chi connectivity index (χ0) is 34.3. The molecule has 257 valence electrons. The van der Waals surface area contributed by atoms with Crippen LogP contribution < -0.4 is 0 Å². The molecule has 6 rings (SSSR count). The number of aliphatic hydroxyl groups excluding tert-OH is 1. The second-order valence-electron chi connectivity index (χ2n) is 14.3. The van der Waals surface area contributed by atoms with E-state index in [2.05, 4.69) is 75.5 Å². The van der Waals surface area contributed by atoms with Gasteiger partial charge in [0.05, 0.1) is 0 Å². The van der Waals surface area contributed by atoms with Gasteiger partial charge in [0, 0.05) is 67.9 Å². The molecule has 0 aliphatic rings. The van der Waals surface area contributed by atoms with Gasteiger partial charge >= 0.3 is 0 Å². The van der Waals surface area contributed by atoms with Crippen molar-refractivity contribution in [3.8, 4) is 11.3 Å². The van der Waals surface area contributed by atoms with E-state index in [1.165, 1.54) is 56.9 Å². The SMILES string of the molecule is CCC(C)(CC)C(=O)/C=C(\O)C(C)(CC)CC.Cc1cc2cc3c(cc2s1)sc1ccnc(-c2[c-]c4ccsc4c(C(C)(C)C)c2)c13.[Ir]. The first-order valence-electron chi connectivity index (χ1n) is 16.8. The zero-order valence-electron chi connectivity index (χ0n) is 29.9. The number of carbonyl (C=O) groups is 1. The Bertz CT molecular complexity index is 2100. The Kier molecular flexibility index (Phi) is 11.9. The first-order chi connectivity index (χ1) is 22.2. The van der Waals surface area contributed by atoms with Crippen LogP contribution in [0.3, 0.4) is 0 Å². The first-order valence-corrected chi connectivity index (χ1v) is 19.3. The van der Waals surface area contributed by atoms with Gasteiger partial charge in [-0.15, -0.1) is 46.3 Å². The quantitative estimate of drug-likeness (QED) is 0.0941. The van der Waals surface area contributed by atoms with E-state index >= 15 is 0 Å². The van der Waals surface area contributed by atoms with Gasteiger partial charge in [-0.3, -0.25) is 9.78 Å². The molecule has 4 heterocycles. The molecule has 0 unspecified atom stereocenters. The Hall–Kier alpha value is -2.41. The molecule has 7 heteroatoms. The maximum absolute atomic E-state index is 12.2. The molecular formula is C41H48IrNO2S3-. The predicted octanol–water partition coefficient (Wildman–Crippen LogP) is 13.6. The van der Waals surface area contributed by atoms with Crippen LogP contribution in [-0.2, 0) is 30.3 Å². The first kappa shape index (κ1) is 38.4. The summed E-state index contributed by atoms with van der Waals surface area (Å²) in [4.78, 5) is 18.4. The van der Waals surface area contributed by atoms with Gasteiger partial charge in [-0.2, -0.15) is 11.3 Å². The van der Waals surface area contributed by atoms with Gasteiger partial charge < -0.3 is 5.11 Å². The third kappa shape index (κ3) is 7.37. The average molecular weight is 875 g/mol. The summed E-state index contributed by atoms with van der Waals surface area (Å²) in [5.74, 6) is 0.286. The minimum absolute atomic E-state index is 0. The Labute approximate surface area is 311 Å². The molecule has 48 heavy (non-hydrogen) atoms. The Morgan fingerprint density at radius 1 is 0.875 bits per heavy atom.